The maximum Gasteiger partial charge on any atom is 0.328 e. The van der Waals surface area contributed by atoms with Crippen LogP contribution >= 0.6 is 11.6 Å². The van der Waals surface area contributed by atoms with Gasteiger partial charge in [0.05, 0.1) is 0 Å². The van der Waals surface area contributed by atoms with Gasteiger partial charge in [0, 0.05) is 10.6 Å². The topological polar surface area (TPSA) is 110 Å². The minimum Gasteiger partial charge on any atom is -0.480 e. The molecular formula is C12H11ClFN5O3. The van der Waals surface area contributed by atoms with Crippen LogP contribution in [0.15, 0.2) is 24.3 Å². The van der Waals surface area contributed by atoms with Crippen LogP contribution in [-0.2, 0) is 16.1 Å². The summed E-state index contributed by atoms with van der Waals surface area (Å²) in [6.07, 6.45) is 0. The van der Waals surface area contributed by atoms with Gasteiger partial charge < -0.3 is 10.4 Å². The Kier molecular flexibility index (Phi) is 4.99. The second-order valence-corrected chi connectivity index (χ2v) is 4.70. The molecule has 0 radical (unpaired) electrons. The molecule has 22 heavy (non-hydrogen) atoms. The first kappa shape index (κ1) is 15.8. The average Bonchev–Trinajstić information content (AvgIpc) is 2.93. The lowest BCUT2D eigenvalue weighted by Crippen LogP contribution is -2.43. The standard InChI is InChI=1S/C12H11ClFN5O3/c13-8-3-1-7(2-4-8)11-16-18-19(17-11)6-10(20)15-9(5-14)12(21)22/h1-4,9H,5-6H2,(H,15,20)(H,21,22). The molecule has 1 aromatic carbocycles. The minimum absolute atomic E-state index is 0.282. The summed E-state index contributed by atoms with van der Waals surface area (Å²) >= 11 is 5.77. The van der Waals surface area contributed by atoms with Crippen molar-refractivity contribution in [3.63, 3.8) is 0 Å². The van der Waals surface area contributed by atoms with E-state index in [9.17, 15) is 14.0 Å². The highest BCUT2D eigenvalue weighted by molar-refractivity contribution is 6.30. The van der Waals surface area contributed by atoms with E-state index >= 15 is 0 Å². The normalized spacial score (nSPS) is 11.9. The second kappa shape index (κ2) is 6.94. The van der Waals surface area contributed by atoms with Crippen LogP contribution in [0, 0.1) is 0 Å². The highest BCUT2D eigenvalue weighted by atomic mass is 35.5. The maximum atomic E-state index is 12.4. The third-order valence-electron chi connectivity index (χ3n) is 2.63. The molecule has 8 nitrogen and oxygen atoms in total. The molecule has 10 heteroatoms. The quantitative estimate of drug-likeness (QED) is 0.801. The van der Waals surface area contributed by atoms with E-state index in [4.69, 9.17) is 16.7 Å². The predicted octanol–water partition coefficient (Wildman–Crippen LogP) is 0.532. The van der Waals surface area contributed by atoms with Crippen molar-refractivity contribution in [3.05, 3.63) is 29.3 Å². The van der Waals surface area contributed by atoms with Gasteiger partial charge in [0.1, 0.15) is 13.2 Å². The maximum absolute atomic E-state index is 12.4. The van der Waals surface area contributed by atoms with Crippen molar-refractivity contribution in [2.45, 2.75) is 12.6 Å². The zero-order valence-corrected chi connectivity index (χ0v) is 11.9. The molecule has 0 saturated carbocycles. The van der Waals surface area contributed by atoms with Crippen molar-refractivity contribution in [3.8, 4) is 11.4 Å². The van der Waals surface area contributed by atoms with Gasteiger partial charge in [-0.15, -0.1) is 10.2 Å². The van der Waals surface area contributed by atoms with Crippen LogP contribution in [0.25, 0.3) is 11.4 Å². The van der Waals surface area contributed by atoms with Crippen molar-refractivity contribution < 1.29 is 19.1 Å². The number of rotatable bonds is 6. The summed E-state index contributed by atoms with van der Waals surface area (Å²) in [6, 6.07) is 5.10. The lowest BCUT2D eigenvalue weighted by atomic mass is 10.2. The Balaban J connectivity index is 2.01. The van der Waals surface area contributed by atoms with E-state index in [0.717, 1.165) is 4.80 Å². The van der Waals surface area contributed by atoms with Crippen molar-refractivity contribution in [1.82, 2.24) is 25.5 Å². The first-order chi connectivity index (χ1) is 10.5. The van der Waals surface area contributed by atoms with E-state index in [-0.39, 0.29) is 12.4 Å². The molecule has 2 N–H and O–H groups in total. The van der Waals surface area contributed by atoms with Gasteiger partial charge in [0.25, 0.3) is 0 Å². The summed E-state index contributed by atoms with van der Waals surface area (Å²) < 4.78 is 12.4. The summed E-state index contributed by atoms with van der Waals surface area (Å²) in [5.41, 5.74) is 0.656. The first-order valence-corrected chi connectivity index (χ1v) is 6.49. The summed E-state index contributed by atoms with van der Waals surface area (Å²) in [4.78, 5) is 23.2. The number of nitrogens with one attached hydrogen (secondary N) is 1. The lowest BCUT2D eigenvalue weighted by molar-refractivity contribution is -0.142. The number of aliphatic carboxylic acids is 1. The van der Waals surface area contributed by atoms with E-state index < -0.39 is 24.6 Å². The Bertz CT molecular complexity index is 676. The highest BCUT2D eigenvalue weighted by Gasteiger charge is 2.20. The van der Waals surface area contributed by atoms with Crippen molar-refractivity contribution >= 4 is 23.5 Å². The van der Waals surface area contributed by atoms with Gasteiger partial charge in [0.2, 0.25) is 11.7 Å². The largest absolute Gasteiger partial charge is 0.480 e. The number of carboxylic acid groups (broad SMARTS) is 1. The van der Waals surface area contributed by atoms with Crippen molar-refractivity contribution in [1.29, 1.82) is 0 Å². The predicted molar refractivity (Wildman–Crippen MR) is 73.8 cm³/mol. The van der Waals surface area contributed by atoms with Gasteiger partial charge in [-0.05, 0) is 29.5 Å². The molecule has 116 valence electrons. The molecular weight excluding hydrogens is 317 g/mol. The molecule has 2 aromatic rings. The van der Waals surface area contributed by atoms with E-state index in [1.807, 2.05) is 5.32 Å². The molecule has 1 amide bonds. The van der Waals surface area contributed by atoms with Crippen LogP contribution in [0.4, 0.5) is 4.39 Å². The number of carbonyl (C=O) groups is 2. The van der Waals surface area contributed by atoms with Crippen molar-refractivity contribution in [2.24, 2.45) is 0 Å². The molecule has 1 atom stereocenters. The Labute approximate surface area is 128 Å². The van der Waals surface area contributed by atoms with Crippen molar-refractivity contribution in [2.75, 3.05) is 6.67 Å². The van der Waals surface area contributed by atoms with Crippen LogP contribution < -0.4 is 5.32 Å². The number of halogens is 2. The number of carboxylic acids is 1. The summed E-state index contributed by atoms with van der Waals surface area (Å²) in [5.74, 6) is -1.90. The molecule has 1 aromatic heterocycles. The van der Waals surface area contributed by atoms with Crippen LogP contribution in [0.1, 0.15) is 0 Å². The SMILES string of the molecule is O=C(Cn1nnc(-c2ccc(Cl)cc2)n1)NC(CF)C(=O)O. The van der Waals surface area contributed by atoms with E-state index in [1.54, 1.807) is 24.3 Å². The number of hydrogen-bond acceptors (Lipinski definition) is 5. The molecule has 0 bridgehead atoms. The third kappa shape index (κ3) is 3.98. The van der Waals surface area contributed by atoms with E-state index in [1.165, 1.54) is 0 Å². The molecule has 0 fully saturated rings. The Morgan fingerprint density at radius 1 is 1.36 bits per heavy atom. The zero-order chi connectivity index (χ0) is 16.1. The van der Waals surface area contributed by atoms with Gasteiger partial charge in [-0.1, -0.05) is 11.6 Å². The molecule has 1 unspecified atom stereocenters. The summed E-state index contributed by atoms with van der Waals surface area (Å²) in [6.45, 7) is -1.58. The summed E-state index contributed by atoms with van der Waals surface area (Å²) in [7, 11) is 0. The monoisotopic (exact) mass is 327 g/mol. The molecule has 0 spiro atoms. The number of amides is 1. The first-order valence-electron chi connectivity index (χ1n) is 6.11. The fourth-order valence-corrected chi connectivity index (χ4v) is 1.69. The molecule has 0 saturated heterocycles. The number of hydrogen-bond donors (Lipinski definition) is 2. The fourth-order valence-electron chi connectivity index (χ4n) is 1.56. The van der Waals surface area contributed by atoms with E-state index in [0.29, 0.717) is 10.6 Å². The molecule has 0 aliphatic carbocycles. The lowest BCUT2D eigenvalue weighted by Gasteiger charge is -2.09. The number of tetrazole rings is 1. The third-order valence-corrected chi connectivity index (χ3v) is 2.88. The van der Waals surface area contributed by atoms with Gasteiger partial charge >= 0.3 is 5.97 Å². The van der Waals surface area contributed by atoms with Crippen LogP contribution in [0.3, 0.4) is 0 Å². The van der Waals surface area contributed by atoms with E-state index in [2.05, 4.69) is 15.4 Å². The molecule has 2 rings (SSSR count). The van der Waals surface area contributed by atoms with Gasteiger partial charge in [-0.2, -0.15) is 4.80 Å². The molecule has 1 heterocycles. The highest BCUT2D eigenvalue weighted by Crippen LogP contribution is 2.16. The fraction of sp³-hybridized carbons (Fsp3) is 0.250. The smallest absolute Gasteiger partial charge is 0.328 e. The molecule has 0 aliphatic heterocycles. The Hall–Kier alpha value is -2.55. The second-order valence-electron chi connectivity index (χ2n) is 4.26. The van der Waals surface area contributed by atoms with Gasteiger partial charge in [-0.25, -0.2) is 9.18 Å². The molecule has 0 aliphatic rings. The Morgan fingerprint density at radius 3 is 2.64 bits per heavy atom. The van der Waals surface area contributed by atoms with Crippen LogP contribution in [0.2, 0.25) is 5.02 Å². The summed E-state index contributed by atoms with van der Waals surface area (Å²) in [5, 5.41) is 22.6. The number of alkyl halides is 1. The zero-order valence-electron chi connectivity index (χ0n) is 11.1. The number of carbonyl (C=O) groups excluding carboxylic acids is 1. The van der Waals surface area contributed by atoms with Gasteiger partial charge in [-0.3, -0.25) is 4.79 Å². The number of aromatic nitrogens is 4. The van der Waals surface area contributed by atoms with Gasteiger partial charge in [0.15, 0.2) is 6.04 Å². The number of benzene rings is 1. The Morgan fingerprint density at radius 2 is 2.05 bits per heavy atom. The average molecular weight is 328 g/mol. The van der Waals surface area contributed by atoms with Crippen LogP contribution in [0.5, 0.6) is 0 Å². The number of nitrogens with zero attached hydrogens (tertiary/aromatic N) is 4. The van der Waals surface area contributed by atoms with Crippen LogP contribution in [-0.4, -0.2) is 49.9 Å². The minimum atomic E-state index is -1.59.